The van der Waals surface area contributed by atoms with E-state index in [2.05, 4.69) is 80.1 Å². The molecule has 5 rings (SSSR count). The number of rotatable bonds is 4. The van der Waals surface area contributed by atoms with Crippen molar-refractivity contribution in [2.75, 3.05) is 46.8 Å². The minimum absolute atomic E-state index is 0.0673. The molecule has 4 bridgehead atoms. The fourth-order valence-corrected chi connectivity index (χ4v) is 7.40. The third-order valence-electron chi connectivity index (χ3n) is 8.79. The molecule has 7 nitrogen and oxygen atoms in total. The molecule has 0 unspecified atom stereocenters. The highest BCUT2D eigenvalue weighted by Gasteiger charge is 2.28. The highest BCUT2D eigenvalue weighted by molar-refractivity contribution is 7.09. The molecule has 0 spiro atoms. The largest absolute Gasteiger partial charge is 0.381 e. The van der Waals surface area contributed by atoms with Crippen LogP contribution >= 0.6 is 11.3 Å². The van der Waals surface area contributed by atoms with Crippen molar-refractivity contribution in [3.8, 4) is 11.3 Å². The Hall–Kier alpha value is -2.59. The average molecular weight is 633 g/mol. The van der Waals surface area contributed by atoms with Gasteiger partial charge in [0.2, 0.25) is 0 Å². The predicted molar refractivity (Wildman–Crippen MR) is 187 cm³/mol. The van der Waals surface area contributed by atoms with Gasteiger partial charge in [-0.1, -0.05) is 51.1 Å². The van der Waals surface area contributed by atoms with Crippen molar-refractivity contribution in [1.29, 1.82) is 0 Å². The minimum atomic E-state index is -0.0673. The molecule has 1 atom stereocenters. The fraction of sp³-hybridized carbons (Fsp3) is 0.541. The first-order valence-electron chi connectivity index (χ1n) is 16.6. The molecule has 0 radical (unpaired) electrons. The minimum Gasteiger partial charge on any atom is -0.381 e. The van der Waals surface area contributed by atoms with Crippen molar-refractivity contribution >= 4 is 27.8 Å². The molecule has 2 aromatic heterocycles. The van der Waals surface area contributed by atoms with Gasteiger partial charge in [0.05, 0.1) is 29.6 Å². The van der Waals surface area contributed by atoms with Crippen molar-refractivity contribution in [3.63, 3.8) is 0 Å². The number of hydrazine groups is 1. The zero-order valence-electron chi connectivity index (χ0n) is 27.9. The highest BCUT2D eigenvalue weighted by atomic mass is 32.1. The molecular weight excluding hydrogens is 580 g/mol. The molecule has 1 aliphatic carbocycles. The van der Waals surface area contributed by atoms with Crippen LogP contribution in [0.1, 0.15) is 69.6 Å². The molecule has 3 heterocycles. The van der Waals surface area contributed by atoms with Gasteiger partial charge in [-0.2, -0.15) is 0 Å². The van der Waals surface area contributed by atoms with Crippen molar-refractivity contribution in [2.24, 2.45) is 17.2 Å². The SMILES string of the molecule is CCn1c(C2=C(COC)CC=CC=C2)c2c3cc(ccc31)-c1csc(n1)CCCOCN(N)CCC[C@H](C)COCC(C)(C)C2. The van der Waals surface area contributed by atoms with Crippen LogP contribution in [0.3, 0.4) is 0 Å². The first kappa shape index (κ1) is 33.8. The maximum Gasteiger partial charge on any atom is 0.111 e. The van der Waals surface area contributed by atoms with Crippen LogP contribution in [0, 0.1) is 11.3 Å². The van der Waals surface area contributed by atoms with Crippen LogP contribution in [-0.2, 0) is 33.6 Å². The van der Waals surface area contributed by atoms with Gasteiger partial charge in [-0.3, -0.25) is 5.84 Å². The Morgan fingerprint density at radius 3 is 2.87 bits per heavy atom. The molecule has 244 valence electrons. The number of nitrogens with zero attached hydrogens (tertiary/aromatic N) is 3. The normalized spacial score (nSPS) is 21.2. The number of thiazole rings is 1. The second-order valence-corrected chi connectivity index (χ2v) is 14.4. The number of aromatic nitrogens is 2. The van der Waals surface area contributed by atoms with E-state index >= 15 is 0 Å². The number of benzene rings is 1. The summed E-state index contributed by atoms with van der Waals surface area (Å²) < 4.78 is 20.5. The third-order valence-corrected chi connectivity index (χ3v) is 9.70. The summed E-state index contributed by atoms with van der Waals surface area (Å²) in [6.07, 6.45) is 14.6. The van der Waals surface area contributed by atoms with Gasteiger partial charge in [-0.25, -0.2) is 9.99 Å². The molecule has 1 aliphatic heterocycles. The lowest BCUT2D eigenvalue weighted by Gasteiger charge is -2.27. The van der Waals surface area contributed by atoms with Gasteiger partial charge in [-0.05, 0) is 73.6 Å². The number of fused-ring (bicyclic) bond motifs is 4. The number of hydrogen-bond acceptors (Lipinski definition) is 7. The molecule has 8 heteroatoms. The molecule has 2 aliphatic rings. The van der Waals surface area contributed by atoms with Crippen LogP contribution in [0.4, 0.5) is 0 Å². The molecule has 3 aromatic rings. The van der Waals surface area contributed by atoms with Crippen LogP contribution in [0.2, 0.25) is 0 Å². The quantitative estimate of drug-likeness (QED) is 0.296. The van der Waals surface area contributed by atoms with Crippen molar-refractivity contribution in [3.05, 3.63) is 69.7 Å². The van der Waals surface area contributed by atoms with E-state index in [0.29, 0.717) is 32.5 Å². The van der Waals surface area contributed by atoms with Crippen LogP contribution in [0.5, 0.6) is 0 Å². The number of nitrogens with two attached hydrogens (primary N) is 1. The maximum atomic E-state index is 6.43. The van der Waals surface area contributed by atoms with Crippen molar-refractivity contribution in [2.45, 2.75) is 72.8 Å². The smallest absolute Gasteiger partial charge is 0.111 e. The molecule has 45 heavy (non-hydrogen) atoms. The van der Waals surface area contributed by atoms with E-state index in [-0.39, 0.29) is 5.41 Å². The van der Waals surface area contributed by atoms with Crippen LogP contribution in [-0.4, -0.2) is 61.4 Å². The van der Waals surface area contributed by atoms with Gasteiger partial charge in [0.1, 0.15) is 6.73 Å². The Balaban J connectivity index is 1.59. The van der Waals surface area contributed by atoms with E-state index in [4.69, 9.17) is 25.0 Å². The predicted octanol–water partition coefficient (Wildman–Crippen LogP) is 7.80. The number of hydrogen-bond donors (Lipinski definition) is 1. The molecule has 0 fully saturated rings. The van der Waals surface area contributed by atoms with Crippen molar-refractivity contribution < 1.29 is 14.2 Å². The molecule has 2 N–H and O–H groups in total. The zero-order chi connectivity index (χ0) is 31.8. The van der Waals surface area contributed by atoms with Crippen LogP contribution in [0.25, 0.3) is 27.7 Å². The van der Waals surface area contributed by atoms with Crippen LogP contribution < -0.4 is 5.84 Å². The van der Waals surface area contributed by atoms with E-state index in [1.54, 1.807) is 23.5 Å². The van der Waals surface area contributed by atoms with Gasteiger partial charge in [0.15, 0.2) is 0 Å². The summed E-state index contributed by atoms with van der Waals surface area (Å²) in [4.78, 5) is 5.05. The first-order chi connectivity index (χ1) is 21.8. The number of allylic oxidation sites excluding steroid dienone is 5. The Kier molecular flexibility index (Phi) is 11.9. The third kappa shape index (κ3) is 8.61. The molecular formula is C37H52N4O3S. The molecule has 0 amide bonds. The van der Waals surface area contributed by atoms with Crippen molar-refractivity contribution in [1.82, 2.24) is 14.6 Å². The lowest BCUT2D eigenvalue weighted by molar-refractivity contribution is 0.0222. The lowest BCUT2D eigenvalue weighted by atomic mass is 9.83. The Morgan fingerprint density at radius 2 is 2.04 bits per heavy atom. The summed E-state index contributed by atoms with van der Waals surface area (Å²) in [5, 5.41) is 6.43. The molecule has 0 saturated heterocycles. The molecule has 0 saturated carbocycles. The monoisotopic (exact) mass is 632 g/mol. The van der Waals surface area contributed by atoms with Gasteiger partial charge in [-0.15, -0.1) is 11.3 Å². The number of methoxy groups -OCH3 is 1. The summed E-state index contributed by atoms with van der Waals surface area (Å²) in [7, 11) is 1.79. The van der Waals surface area contributed by atoms with E-state index in [0.717, 1.165) is 74.5 Å². The fourth-order valence-electron chi connectivity index (χ4n) is 6.55. The van der Waals surface area contributed by atoms with Gasteiger partial charge >= 0.3 is 0 Å². The van der Waals surface area contributed by atoms with E-state index < -0.39 is 0 Å². The summed E-state index contributed by atoms with van der Waals surface area (Å²) in [5.74, 6) is 6.66. The topological polar surface area (TPSA) is 74.8 Å². The van der Waals surface area contributed by atoms with E-state index in [1.807, 2.05) is 0 Å². The van der Waals surface area contributed by atoms with Gasteiger partial charge in [0.25, 0.3) is 0 Å². The van der Waals surface area contributed by atoms with Gasteiger partial charge in [0, 0.05) is 67.3 Å². The Bertz CT molecular complexity index is 1520. The lowest BCUT2D eigenvalue weighted by Crippen LogP contribution is -2.34. The highest BCUT2D eigenvalue weighted by Crippen LogP contribution is 2.40. The standard InChI is InChI=1S/C37H52N4O3S/c1-6-41-34-17-16-28-20-31(34)32(36(41)30-14-9-7-8-13-29(30)23-42-5)21-37(3,4)25-44-22-27(2)12-10-18-40(38)26-43-19-11-15-35-39-33(28)24-45-35/h7-9,14,16-17,20,24,27H,6,10-13,15,18-19,21-23,25-26,38H2,1-5H3/t27-/m0/s1. The Labute approximate surface area is 273 Å². The Morgan fingerprint density at radius 1 is 1.18 bits per heavy atom. The number of ether oxygens (including phenoxy) is 3. The second kappa shape index (κ2) is 15.8. The second-order valence-electron chi connectivity index (χ2n) is 13.4. The molecule has 1 aromatic carbocycles. The number of aryl methyl sites for hydroxylation is 2. The summed E-state index contributed by atoms with van der Waals surface area (Å²) >= 11 is 1.74. The maximum absolute atomic E-state index is 6.43. The summed E-state index contributed by atoms with van der Waals surface area (Å²) in [5.41, 5.74) is 8.66. The summed E-state index contributed by atoms with van der Waals surface area (Å²) in [6.45, 7) is 14.1. The van der Waals surface area contributed by atoms with E-state index in [1.165, 1.54) is 33.3 Å². The van der Waals surface area contributed by atoms with Gasteiger partial charge < -0.3 is 18.8 Å². The summed E-state index contributed by atoms with van der Waals surface area (Å²) in [6, 6.07) is 6.91. The van der Waals surface area contributed by atoms with E-state index in [9.17, 15) is 0 Å². The average Bonchev–Trinajstić information content (AvgIpc) is 3.51. The van der Waals surface area contributed by atoms with Crippen LogP contribution in [0.15, 0.2) is 53.5 Å². The first-order valence-corrected chi connectivity index (χ1v) is 17.5. The zero-order valence-corrected chi connectivity index (χ0v) is 28.8.